The Balaban J connectivity index is 3.15. The average molecular weight is 357 g/mol. The van der Waals surface area contributed by atoms with E-state index in [2.05, 4.69) is 6.92 Å². The molecule has 3 nitrogen and oxygen atoms in total. The van der Waals surface area contributed by atoms with Gasteiger partial charge < -0.3 is 10.2 Å². The van der Waals surface area contributed by atoms with Crippen LogP contribution in [0.1, 0.15) is 129 Å². The Kier molecular flexibility index (Phi) is 19.3. The quantitative estimate of drug-likeness (QED) is 0.234. The highest BCUT2D eigenvalue weighted by Crippen LogP contribution is 2.15. The molecule has 0 amide bonds. The Labute approximate surface area is 156 Å². The molecule has 0 aliphatic heterocycles. The average Bonchev–Trinajstić information content (AvgIpc) is 2.58. The lowest BCUT2D eigenvalue weighted by atomic mass is 10.0. The highest BCUT2D eigenvalue weighted by Gasteiger charge is 2.04. The highest BCUT2D eigenvalue weighted by molar-refractivity contribution is 5.66. The van der Waals surface area contributed by atoms with Gasteiger partial charge in [-0.1, -0.05) is 103 Å². The van der Waals surface area contributed by atoms with Gasteiger partial charge in [0.2, 0.25) is 0 Å². The highest BCUT2D eigenvalue weighted by atomic mass is 16.4. The van der Waals surface area contributed by atoms with Crippen molar-refractivity contribution in [1.29, 1.82) is 0 Å². The van der Waals surface area contributed by atoms with E-state index in [1.807, 2.05) is 0 Å². The first-order valence-corrected chi connectivity index (χ1v) is 11.1. The van der Waals surface area contributed by atoms with Gasteiger partial charge >= 0.3 is 5.97 Å². The van der Waals surface area contributed by atoms with Gasteiger partial charge in [0, 0.05) is 6.42 Å². The normalized spacial score (nSPS) is 12.4. The predicted molar refractivity (Wildman–Crippen MR) is 107 cm³/mol. The van der Waals surface area contributed by atoms with Crippen LogP contribution in [-0.4, -0.2) is 22.3 Å². The van der Waals surface area contributed by atoms with Gasteiger partial charge in [0.15, 0.2) is 0 Å². The Morgan fingerprint density at radius 3 is 1.40 bits per heavy atom. The molecule has 3 heteroatoms. The standard InChI is InChI=1S/C22H44O3/c1-2-3-4-5-6-7-8-9-12-15-18-21(23)19-16-13-10-11-14-17-20-22(24)25/h21,23H,2-20H2,1H3,(H,24,25). The molecule has 25 heavy (non-hydrogen) atoms. The lowest BCUT2D eigenvalue weighted by Gasteiger charge is -2.10. The van der Waals surface area contributed by atoms with Crippen molar-refractivity contribution < 1.29 is 15.0 Å². The molecule has 1 unspecified atom stereocenters. The van der Waals surface area contributed by atoms with Gasteiger partial charge in [-0.15, -0.1) is 0 Å². The van der Waals surface area contributed by atoms with E-state index in [0.29, 0.717) is 6.42 Å². The summed E-state index contributed by atoms with van der Waals surface area (Å²) in [4.78, 5) is 10.4. The van der Waals surface area contributed by atoms with Gasteiger partial charge in [-0.3, -0.25) is 4.79 Å². The summed E-state index contributed by atoms with van der Waals surface area (Å²) in [6.07, 6.45) is 22.0. The first-order chi connectivity index (χ1) is 12.2. The third-order valence-corrected chi connectivity index (χ3v) is 5.07. The maximum atomic E-state index is 10.4. The van der Waals surface area contributed by atoms with Crippen molar-refractivity contribution in [1.82, 2.24) is 0 Å². The molecule has 150 valence electrons. The molecule has 0 aromatic heterocycles. The third kappa shape index (κ3) is 21.4. The van der Waals surface area contributed by atoms with Crippen molar-refractivity contribution in [3.05, 3.63) is 0 Å². The second kappa shape index (κ2) is 19.8. The van der Waals surface area contributed by atoms with Gasteiger partial charge in [-0.05, 0) is 19.3 Å². The zero-order valence-electron chi connectivity index (χ0n) is 16.8. The van der Waals surface area contributed by atoms with Gasteiger partial charge in [-0.2, -0.15) is 0 Å². The van der Waals surface area contributed by atoms with Crippen molar-refractivity contribution >= 4 is 5.97 Å². The zero-order valence-corrected chi connectivity index (χ0v) is 16.8. The zero-order chi connectivity index (χ0) is 18.6. The topological polar surface area (TPSA) is 57.5 Å². The van der Waals surface area contributed by atoms with Gasteiger partial charge in [-0.25, -0.2) is 0 Å². The molecule has 1 atom stereocenters. The van der Waals surface area contributed by atoms with Crippen molar-refractivity contribution in [2.75, 3.05) is 0 Å². The Bertz CT molecular complexity index is 278. The fraction of sp³-hybridized carbons (Fsp3) is 0.955. The number of aliphatic hydroxyl groups excluding tert-OH is 1. The molecule has 0 radical (unpaired) electrons. The summed E-state index contributed by atoms with van der Waals surface area (Å²) in [5.74, 6) is -0.685. The largest absolute Gasteiger partial charge is 0.481 e. The number of carboxylic acids is 1. The second-order valence-corrected chi connectivity index (χ2v) is 7.68. The first kappa shape index (κ1) is 24.4. The van der Waals surface area contributed by atoms with Crippen LogP contribution in [0.5, 0.6) is 0 Å². The van der Waals surface area contributed by atoms with E-state index < -0.39 is 5.97 Å². The van der Waals surface area contributed by atoms with Gasteiger partial charge in [0.25, 0.3) is 0 Å². The molecule has 0 spiro atoms. The summed E-state index contributed by atoms with van der Waals surface area (Å²) in [5.41, 5.74) is 0. The summed E-state index contributed by atoms with van der Waals surface area (Å²) in [5, 5.41) is 18.6. The molecule has 0 bridgehead atoms. The molecular formula is C22H44O3. The van der Waals surface area contributed by atoms with Crippen molar-refractivity contribution in [3.8, 4) is 0 Å². The summed E-state index contributed by atoms with van der Waals surface area (Å²) in [6, 6.07) is 0. The molecule has 0 rings (SSSR count). The monoisotopic (exact) mass is 356 g/mol. The predicted octanol–water partition coefficient (Wildman–Crippen LogP) is 6.86. The molecule has 0 saturated carbocycles. The van der Waals surface area contributed by atoms with Gasteiger partial charge in [0.05, 0.1) is 6.10 Å². The number of hydrogen-bond donors (Lipinski definition) is 2. The summed E-state index contributed by atoms with van der Waals surface area (Å²) in [6.45, 7) is 2.26. The second-order valence-electron chi connectivity index (χ2n) is 7.68. The van der Waals surface area contributed by atoms with Crippen LogP contribution in [-0.2, 0) is 4.79 Å². The summed E-state index contributed by atoms with van der Waals surface area (Å²) >= 11 is 0. The maximum absolute atomic E-state index is 10.4. The van der Waals surface area contributed by atoms with Crippen LogP contribution in [0.2, 0.25) is 0 Å². The molecule has 0 aliphatic carbocycles. The minimum Gasteiger partial charge on any atom is -0.481 e. The minimum atomic E-state index is -0.685. The Morgan fingerprint density at radius 2 is 1.00 bits per heavy atom. The summed E-state index contributed by atoms with van der Waals surface area (Å²) < 4.78 is 0. The molecule has 0 aromatic rings. The van der Waals surface area contributed by atoms with Crippen LogP contribution in [0.25, 0.3) is 0 Å². The number of aliphatic carboxylic acids is 1. The SMILES string of the molecule is CCCCCCCCCCCCC(O)CCCCCCCCC(=O)O. The first-order valence-electron chi connectivity index (χ1n) is 11.1. The number of hydrogen-bond acceptors (Lipinski definition) is 2. The number of rotatable bonds is 20. The van der Waals surface area contributed by atoms with E-state index in [4.69, 9.17) is 5.11 Å². The van der Waals surface area contributed by atoms with Crippen molar-refractivity contribution in [2.24, 2.45) is 0 Å². The molecule has 2 N–H and O–H groups in total. The molecular weight excluding hydrogens is 312 g/mol. The smallest absolute Gasteiger partial charge is 0.303 e. The lowest BCUT2D eigenvalue weighted by molar-refractivity contribution is -0.137. The van der Waals surface area contributed by atoms with E-state index in [1.165, 1.54) is 77.0 Å². The van der Waals surface area contributed by atoms with Crippen LogP contribution >= 0.6 is 0 Å². The number of carboxylic acid groups (broad SMARTS) is 1. The van der Waals surface area contributed by atoms with E-state index in [-0.39, 0.29) is 6.10 Å². The van der Waals surface area contributed by atoms with Crippen molar-refractivity contribution in [3.63, 3.8) is 0 Å². The fourth-order valence-corrected chi connectivity index (χ4v) is 3.38. The van der Waals surface area contributed by atoms with Crippen LogP contribution in [0, 0.1) is 0 Å². The Morgan fingerprint density at radius 1 is 0.640 bits per heavy atom. The minimum absolute atomic E-state index is 0.110. The van der Waals surface area contributed by atoms with Crippen LogP contribution in [0.4, 0.5) is 0 Å². The van der Waals surface area contributed by atoms with E-state index in [1.54, 1.807) is 0 Å². The molecule has 0 saturated heterocycles. The van der Waals surface area contributed by atoms with Gasteiger partial charge in [0.1, 0.15) is 0 Å². The van der Waals surface area contributed by atoms with Crippen LogP contribution < -0.4 is 0 Å². The lowest BCUT2D eigenvalue weighted by Crippen LogP contribution is -2.05. The molecule has 0 fully saturated rings. The molecule has 0 heterocycles. The van der Waals surface area contributed by atoms with E-state index in [0.717, 1.165) is 38.5 Å². The molecule has 0 aromatic carbocycles. The molecule has 0 aliphatic rings. The van der Waals surface area contributed by atoms with Crippen LogP contribution in [0.3, 0.4) is 0 Å². The van der Waals surface area contributed by atoms with E-state index >= 15 is 0 Å². The fourth-order valence-electron chi connectivity index (χ4n) is 3.38. The summed E-state index contributed by atoms with van der Waals surface area (Å²) in [7, 11) is 0. The Hall–Kier alpha value is -0.570. The maximum Gasteiger partial charge on any atom is 0.303 e. The van der Waals surface area contributed by atoms with Crippen LogP contribution in [0.15, 0.2) is 0 Å². The third-order valence-electron chi connectivity index (χ3n) is 5.07. The van der Waals surface area contributed by atoms with E-state index in [9.17, 15) is 9.90 Å². The number of aliphatic hydroxyl groups is 1. The number of carbonyl (C=O) groups is 1. The van der Waals surface area contributed by atoms with Crippen molar-refractivity contribution in [2.45, 2.75) is 135 Å². The number of unbranched alkanes of at least 4 members (excludes halogenated alkanes) is 14.